The van der Waals surface area contributed by atoms with E-state index in [4.69, 9.17) is 9.84 Å². The van der Waals surface area contributed by atoms with E-state index in [-0.39, 0.29) is 13.0 Å². The molecule has 2 fully saturated rings. The number of hydrogen-bond acceptors (Lipinski definition) is 3. The molecule has 1 amide bonds. The third kappa shape index (κ3) is 1.92. The number of ether oxygens (including phenoxy) is 1. The maximum atomic E-state index is 13.1. The van der Waals surface area contributed by atoms with Gasteiger partial charge >= 0.3 is 18.2 Å². The highest BCUT2D eigenvalue weighted by atomic mass is 19.4. The van der Waals surface area contributed by atoms with Crippen molar-refractivity contribution < 1.29 is 32.6 Å². The summed E-state index contributed by atoms with van der Waals surface area (Å²) in [6.45, 7) is 4.88. The molecule has 0 aromatic heterocycles. The second kappa shape index (κ2) is 4.02. The van der Waals surface area contributed by atoms with Gasteiger partial charge in [-0.25, -0.2) is 4.79 Å². The number of carbonyl (C=O) groups excluding carboxylic acids is 1. The van der Waals surface area contributed by atoms with Crippen LogP contribution in [-0.2, 0) is 9.53 Å². The number of halogens is 3. The average molecular weight is 295 g/mol. The van der Waals surface area contributed by atoms with Crippen LogP contribution in [-0.4, -0.2) is 46.4 Å². The molecule has 1 aliphatic heterocycles. The molecule has 0 spiro atoms. The maximum absolute atomic E-state index is 13.1. The van der Waals surface area contributed by atoms with Crippen LogP contribution in [0.3, 0.4) is 0 Å². The lowest BCUT2D eigenvalue weighted by atomic mass is 9.99. The minimum absolute atomic E-state index is 0.0235. The Bertz CT molecular complexity index is 457. The lowest BCUT2D eigenvalue weighted by molar-refractivity contribution is -0.211. The van der Waals surface area contributed by atoms with Crippen LogP contribution >= 0.6 is 0 Å². The summed E-state index contributed by atoms with van der Waals surface area (Å²) in [5, 5.41) is 8.98. The predicted octanol–water partition coefficient (Wildman–Crippen LogP) is 2.26. The van der Waals surface area contributed by atoms with Crippen LogP contribution < -0.4 is 0 Å². The van der Waals surface area contributed by atoms with Gasteiger partial charge in [-0.2, -0.15) is 13.2 Å². The van der Waals surface area contributed by atoms with Crippen molar-refractivity contribution in [1.29, 1.82) is 0 Å². The molecule has 0 unspecified atom stereocenters. The molecule has 5 nitrogen and oxygen atoms in total. The van der Waals surface area contributed by atoms with Crippen molar-refractivity contribution in [3.63, 3.8) is 0 Å². The lowest BCUT2D eigenvalue weighted by Gasteiger charge is -2.28. The second-order valence-corrected chi connectivity index (χ2v) is 6.19. The van der Waals surface area contributed by atoms with Crippen molar-refractivity contribution >= 4 is 12.1 Å². The minimum atomic E-state index is -4.88. The van der Waals surface area contributed by atoms with Crippen LogP contribution in [0.1, 0.15) is 27.2 Å². The average Bonchev–Trinajstić information content (AvgIpc) is 2.69. The van der Waals surface area contributed by atoms with Gasteiger partial charge in [-0.1, -0.05) is 0 Å². The first-order valence-corrected chi connectivity index (χ1v) is 6.22. The Balaban J connectivity index is 2.22. The fourth-order valence-corrected chi connectivity index (χ4v) is 3.01. The Morgan fingerprint density at radius 1 is 1.30 bits per heavy atom. The van der Waals surface area contributed by atoms with Gasteiger partial charge in [0.2, 0.25) is 0 Å². The summed E-state index contributed by atoms with van der Waals surface area (Å²) in [7, 11) is 0. The predicted molar refractivity (Wildman–Crippen MR) is 61.0 cm³/mol. The summed E-state index contributed by atoms with van der Waals surface area (Å²) < 4.78 is 44.3. The normalized spacial score (nSPS) is 32.8. The number of fused-ring (bicyclic) bond motifs is 1. The molecule has 20 heavy (non-hydrogen) atoms. The molecule has 1 saturated carbocycles. The van der Waals surface area contributed by atoms with E-state index in [0.29, 0.717) is 0 Å². The molecule has 1 N–H and O–H groups in total. The van der Waals surface area contributed by atoms with Crippen LogP contribution in [0.4, 0.5) is 18.0 Å². The Labute approximate surface area is 113 Å². The van der Waals surface area contributed by atoms with E-state index in [9.17, 15) is 22.8 Å². The van der Waals surface area contributed by atoms with Crippen molar-refractivity contribution in [2.45, 2.75) is 45.0 Å². The van der Waals surface area contributed by atoms with Gasteiger partial charge in [0, 0.05) is 12.5 Å². The van der Waals surface area contributed by atoms with Gasteiger partial charge in [0.25, 0.3) is 0 Å². The quantitative estimate of drug-likeness (QED) is 0.805. The van der Waals surface area contributed by atoms with E-state index in [2.05, 4.69) is 0 Å². The molecule has 2 aliphatic rings. The monoisotopic (exact) mass is 295 g/mol. The van der Waals surface area contributed by atoms with Gasteiger partial charge in [0.05, 0.1) is 6.04 Å². The summed E-state index contributed by atoms with van der Waals surface area (Å²) >= 11 is 0. The Hall–Kier alpha value is -1.47. The first-order valence-electron chi connectivity index (χ1n) is 6.22. The van der Waals surface area contributed by atoms with Crippen molar-refractivity contribution in [1.82, 2.24) is 4.90 Å². The first-order chi connectivity index (χ1) is 8.93. The summed E-state index contributed by atoms with van der Waals surface area (Å²) in [6, 6.07) is -1.35. The maximum Gasteiger partial charge on any atom is 0.410 e. The highest BCUT2D eigenvalue weighted by molar-refractivity contribution is 5.84. The fourth-order valence-electron chi connectivity index (χ4n) is 3.01. The summed E-state index contributed by atoms with van der Waals surface area (Å²) in [6.07, 6.45) is -5.75. The van der Waals surface area contributed by atoms with Gasteiger partial charge in [0.15, 0.2) is 5.41 Å². The number of alkyl halides is 3. The molecule has 1 aliphatic carbocycles. The summed E-state index contributed by atoms with van der Waals surface area (Å²) in [5.74, 6) is -3.00. The lowest BCUT2D eigenvalue weighted by Crippen LogP contribution is -2.46. The molecule has 1 saturated heterocycles. The van der Waals surface area contributed by atoms with Crippen LogP contribution in [0.25, 0.3) is 0 Å². The van der Waals surface area contributed by atoms with Gasteiger partial charge < -0.3 is 14.7 Å². The van der Waals surface area contributed by atoms with E-state index < -0.39 is 41.2 Å². The number of likely N-dealkylation sites (tertiary alicyclic amines) is 1. The summed E-state index contributed by atoms with van der Waals surface area (Å²) in [4.78, 5) is 23.9. The number of nitrogens with zero attached hydrogens (tertiary/aromatic N) is 1. The Morgan fingerprint density at radius 3 is 2.20 bits per heavy atom. The largest absolute Gasteiger partial charge is 0.481 e. The van der Waals surface area contributed by atoms with E-state index in [1.807, 2.05) is 0 Å². The molecule has 1 heterocycles. The number of aliphatic carboxylic acids is 1. The molecule has 114 valence electrons. The van der Waals surface area contributed by atoms with E-state index >= 15 is 0 Å². The van der Waals surface area contributed by atoms with Crippen molar-refractivity contribution in [2.75, 3.05) is 6.54 Å². The first kappa shape index (κ1) is 14.9. The number of carbonyl (C=O) groups is 2. The van der Waals surface area contributed by atoms with Gasteiger partial charge in [-0.15, -0.1) is 0 Å². The number of piperidine rings is 1. The zero-order valence-corrected chi connectivity index (χ0v) is 11.3. The van der Waals surface area contributed by atoms with Crippen LogP contribution in [0.5, 0.6) is 0 Å². The van der Waals surface area contributed by atoms with Gasteiger partial charge in [-0.3, -0.25) is 4.79 Å². The fraction of sp³-hybridized carbons (Fsp3) is 0.833. The van der Waals surface area contributed by atoms with Crippen LogP contribution in [0.15, 0.2) is 0 Å². The van der Waals surface area contributed by atoms with Gasteiger partial charge in [-0.05, 0) is 27.2 Å². The molecule has 3 atom stereocenters. The molecule has 0 bridgehead atoms. The zero-order valence-electron chi connectivity index (χ0n) is 11.3. The molecular formula is C12H16F3NO4. The van der Waals surface area contributed by atoms with Crippen molar-refractivity contribution in [2.24, 2.45) is 11.3 Å². The van der Waals surface area contributed by atoms with E-state index in [0.717, 1.165) is 4.90 Å². The van der Waals surface area contributed by atoms with E-state index in [1.54, 1.807) is 20.8 Å². The second-order valence-electron chi connectivity index (χ2n) is 6.19. The van der Waals surface area contributed by atoms with Crippen LogP contribution in [0.2, 0.25) is 0 Å². The molecule has 8 heteroatoms. The standard InChI is InChI=1S/C12H16F3NO4/c1-10(2,3)20-9(19)16-5-4-6-7(16)11(6,8(17)18)12(13,14)15/h6-7H,4-5H2,1-3H3,(H,17,18)/t6-,7-,11-/m1/s1. The highest BCUT2D eigenvalue weighted by Gasteiger charge is 2.86. The Morgan fingerprint density at radius 2 is 1.85 bits per heavy atom. The van der Waals surface area contributed by atoms with Crippen molar-refractivity contribution in [3.8, 4) is 0 Å². The topological polar surface area (TPSA) is 66.8 Å². The number of carboxylic acid groups (broad SMARTS) is 1. The van der Waals surface area contributed by atoms with E-state index in [1.165, 1.54) is 0 Å². The molecular weight excluding hydrogens is 279 g/mol. The van der Waals surface area contributed by atoms with Crippen LogP contribution in [0, 0.1) is 11.3 Å². The number of amides is 1. The van der Waals surface area contributed by atoms with Gasteiger partial charge in [0.1, 0.15) is 5.60 Å². The number of rotatable bonds is 1. The smallest absolute Gasteiger partial charge is 0.410 e. The SMILES string of the molecule is CC(C)(C)OC(=O)N1CC[C@@H]2[C@@H]1[C@]2(C(=O)O)C(F)(F)F. The molecule has 0 aromatic rings. The number of hydrogen-bond donors (Lipinski definition) is 1. The molecule has 0 radical (unpaired) electrons. The number of carboxylic acids is 1. The zero-order chi connectivity index (χ0) is 15.5. The molecule has 0 aromatic carbocycles. The highest BCUT2D eigenvalue weighted by Crippen LogP contribution is 2.68. The summed E-state index contributed by atoms with van der Waals surface area (Å²) in [5.41, 5.74) is -3.67. The third-order valence-corrected chi connectivity index (χ3v) is 3.79. The van der Waals surface area contributed by atoms with Crippen molar-refractivity contribution in [3.05, 3.63) is 0 Å². The third-order valence-electron chi connectivity index (χ3n) is 3.79. The minimum Gasteiger partial charge on any atom is -0.481 e. The molecule has 2 rings (SSSR count). The Kier molecular flexibility index (Phi) is 3.00.